The van der Waals surface area contributed by atoms with Crippen molar-refractivity contribution in [1.82, 2.24) is 0 Å². The van der Waals surface area contributed by atoms with Crippen LogP contribution in [0.5, 0.6) is 0 Å². The number of carbonyl (C=O) groups excluding carboxylic acids is 1. The van der Waals surface area contributed by atoms with Crippen LogP contribution < -0.4 is 0 Å². The maximum atomic E-state index is 11.6. The van der Waals surface area contributed by atoms with Crippen molar-refractivity contribution in [3.63, 3.8) is 0 Å². The molecule has 0 bridgehead atoms. The Hall–Kier alpha value is 0.540. The van der Waals surface area contributed by atoms with Gasteiger partial charge in [0.25, 0.3) is 10.1 Å². The molecule has 0 aromatic rings. The molecule has 1 unspecified atom stereocenters. The zero-order valence-corrected chi connectivity index (χ0v) is 15.6. The summed E-state index contributed by atoms with van der Waals surface area (Å²) in [5.41, 5.74) is 0. The summed E-state index contributed by atoms with van der Waals surface area (Å²) in [6, 6.07) is 0. The zero-order chi connectivity index (χ0) is 17.6. The third kappa shape index (κ3) is 16.0. The van der Waals surface area contributed by atoms with Gasteiger partial charge in [-0.3, -0.25) is 8.98 Å². The monoisotopic (exact) mass is 374 g/mol. The minimum atomic E-state index is -3.79. The topological polar surface area (TPSA) is 80.7 Å². The summed E-state index contributed by atoms with van der Waals surface area (Å²) in [6.45, 7) is 2.22. The zero-order valence-electron chi connectivity index (χ0n) is 14.8. The molecular formula is C17H35NaO5S. The average Bonchev–Trinajstić information content (AvgIpc) is 2.52. The molecule has 0 aliphatic rings. The first-order chi connectivity index (χ1) is 10.9. The molecule has 0 heterocycles. The molecule has 0 radical (unpaired) electrons. The Kier molecular flexibility index (Phi) is 18.9. The Balaban J connectivity index is 0. The number of rotatable bonds is 16. The van der Waals surface area contributed by atoms with Gasteiger partial charge in [0.15, 0.2) is 5.78 Å². The van der Waals surface area contributed by atoms with Crippen LogP contribution in [0.15, 0.2) is 0 Å². The van der Waals surface area contributed by atoms with E-state index in [1.807, 2.05) is 0 Å². The summed E-state index contributed by atoms with van der Waals surface area (Å²) < 4.78 is 26.5. The number of hydrogen-bond acceptors (Lipinski definition) is 5. The molecule has 7 heteroatoms. The number of unbranched alkanes of at least 4 members (excludes halogenated alkanes) is 10. The second kappa shape index (κ2) is 17.0. The van der Waals surface area contributed by atoms with Crippen LogP contribution >= 0.6 is 0 Å². The Morgan fingerprint density at radius 1 is 0.917 bits per heavy atom. The van der Waals surface area contributed by atoms with Crippen molar-refractivity contribution in [3.8, 4) is 0 Å². The molecule has 140 valence electrons. The molecule has 0 fully saturated rings. The van der Waals surface area contributed by atoms with Crippen LogP contribution in [-0.2, 0) is 19.1 Å². The quantitative estimate of drug-likeness (QED) is 0.255. The van der Waals surface area contributed by atoms with Gasteiger partial charge >= 0.3 is 29.6 Å². The van der Waals surface area contributed by atoms with Crippen molar-refractivity contribution in [2.24, 2.45) is 0 Å². The van der Waals surface area contributed by atoms with Gasteiger partial charge in [0.1, 0.15) is 11.9 Å². The molecule has 0 aliphatic heterocycles. The van der Waals surface area contributed by atoms with Crippen LogP contribution in [0.2, 0.25) is 0 Å². The van der Waals surface area contributed by atoms with Gasteiger partial charge in [0.05, 0.1) is 7.11 Å². The molecular weight excluding hydrogens is 339 g/mol. The van der Waals surface area contributed by atoms with E-state index in [4.69, 9.17) is 0 Å². The summed E-state index contributed by atoms with van der Waals surface area (Å²) in [6.07, 6.45) is 11.9. The van der Waals surface area contributed by atoms with Crippen LogP contribution in [0.3, 0.4) is 0 Å². The second-order valence-corrected chi connectivity index (χ2v) is 7.94. The summed E-state index contributed by atoms with van der Waals surface area (Å²) in [7, 11) is -2.76. The van der Waals surface area contributed by atoms with E-state index in [0.717, 1.165) is 20.0 Å². The molecule has 5 nitrogen and oxygen atoms in total. The second-order valence-electron chi connectivity index (χ2n) is 6.16. The number of aliphatic hydroxyl groups excluding tert-OH is 1. The first kappa shape index (κ1) is 26.8. The first-order valence-electron chi connectivity index (χ1n) is 8.92. The van der Waals surface area contributed by atoms with Gasteiger partial charge in [0.2, 0.25) is 0 Å². The third-order valence-corrected chi connectivity index (χ3v) is 5.25. The molecule has 0 aromatic heterocycles. The molecule has 0 aliphatic carbocycles. The average molecular weight is 375 g/mol. The number of hydrogen-bond donors (Lipinski definition) is 1. The fraction of sp³-hybridized carbons (Fsp3) is 0.941. The van der Waals surface area contributed by atoms with Crippen molar-refractivity contribution >= 4 is 45.5 Å². The summed E-state index contributed by atoms with van der Waals surface area (Å²) in [4.78, 5) is 11.6. The predicted octanol–water partition coefficient (Wildman–Crippen LogP) is 2.95. The fourth-order valence-electron chi connectivity index (χ4n) is 2.48. The van der Waals surface area contributed by atoms with Crippen LogP contribution in [0.4, 0.5) is 0 Å². The molecule has 24 heavy (non-hydrogen) atoms. The Morgan fingerprint density at radius 2 is 1.33 bits per heavy atom. The molecule has 0 saturated carbocycles. The molecule has 0 saturated heterocycles. The SMILES string of the molecule is CCCCCCCCCCCCCC(=O)C(O)CS(=O)(=O)OC.[NaH]. The van der Waals surface area contributed by atoms with Crippen LogP contribution in [0.25, 0.3) is 0 Å². The van der Waals surface area contributed by atoms with E-state index in [9.17, 15) is 18.3 Å². The van der Waals surface area contributed by atoms with Gasteiger partial charge in [-0.2, -0.15) is 8.42 Å². The summed E-state index contributed by atoms with van der Waals surface area (Å²) >= 11 is 0. The number of carbonyl (C=O) groups is 1. The number of aliphatic hydroxyl groups is 1. The van der Waals surface area contributed by atoms with Gasteiger partial charge in [0, 0.05) is 6.42 Å². The summed E-state index contributed by atoms with van der Waals surface area (Å²) in [5, 5.41) is 9.54. The molecule has 1 N–H and O–H groups in total. The van der Waals surface area contributed by atoms with Crippen molar-refractivity contribution < 1.29 is 22.5 Å². The molecule has 0 rings (SSSR count). The van der Waals surface area contributed by atoms with E-state index in [-0.39, 0.29) is 36.0 Å². The van der Waals surface area contributed by atoms with Gasteiger partial charge in [-0.25, -0.2) is 0 Å². The normalized spacial score (nSPS) is 12.6. The van der Waals surface area contributed by atoms with Gasteiger partial charge in [-0.15, -0.1) is 0 Å². The van der Waals surface area contributed by atoms with Crippen molar-refractivity contribution in [2.75, 3.05) is 12.9 Å². The van der Waals surface area contributed by atoms with Crippen molar-refractivity contribution in [1.29, 1.82) is 0 Å². The molecule has 0 amide bonds. The molecule has 1 atom stereocenters. The maximum absolute atomic E-state index is 11.6. The Bertz CT molecular complexity index is 398. The first-order valence-corrected chi connectivity index (χ1v) is 10.5. The number of Topliss-reactive ketones (excluding diaryl/α,β-unsaturated/α-hetero) is 1. The fourth-order valence-corrected chi connectivity index (χ4v) is 3.19. The van der Waals surface area contributed by atoms with Crippen LogP contribution in [-0.4, -0.2) is 67.8 Å². The van der Waals surface area contributed by atoms with E-state index in [1.54, 1.807) is 0 Å². The van der Waals surface area contributed by atoms with Crippen LogP contribution in [0, 0.1) is 0 Å². The summed E-state index contributed by atoms with van der Waals surface area (Å²) in [5.74, 6) is -1.07. The van der Waals surface area contributed by atoms with E-state index in [2.05, 4.69) is 11.1 Å². The molecule has 0 spiro atoms. The third-order valence-electron chi connectivity index (χ3n) is 4.01. The number of ketones is 1. The standard InChI is InChI=1S/C17H34O5S.Na.H/c1-3-4-5-6-7-8-9-10-11-12-13-14-16(18)17(19)15-23(20,21)22-2;;/h17,19H,3-15H2,1-2H3;;. The van der Waals surface area contributed by atoms with Gasteiger partial charge < -0.3 is 5.11 Å². The van der Waals surface area contributed by atoms with E-state index in [1.165, 1.54) is 51.4 Å². The van der Waals surface area contributed by atoms with E-state index >= 15 is 0 Å². The van der Waals surface area contributed by atoms with Gasteiger partial charge in [-0.05, 0) is 6.42 Å². The molecule has 0 aromatic carbocycles. The predicted molar refractivity (Wildman–Crippen MR) is 100 cm³/mol. The Morgan fingerprint density at radius 3 is 1.75 bits per heavy atom. The Labute approximate surface area is 170 Å². The van der Waals surface area contributed by atoms with E-state index in [0.29, 0.717) is 6.42 Å². The van der Waals surface area contributed by atoms with Crippen molar-refractivity contribution in [3.05, 3.63) is 0 Å². The van der Waals surface area contributed by atoms with Gasteiger partial charge in [-0.1, -0.05) is 71.1 Å². The van der Waals surface area contributed by atoms with Crippen molar-refractivity contribution in [2.45, 2.75) is 90.1 Å². The van der Waals surface area contributed by atoms with E-state index < -0.39 is 27.8 Å². The minimum absolute atomic E-state index is 0. The van der Waals surface area contributed by atoms with Crippen LogP contribution in [0.1, 0.15) is 84.0 Å².